The lowest BCUT2D eigenvalue weighted by Crippen LogP contribution is -2.46. The van der Waals surface area contributed by atoms with Gasteiger partial charge in [-0.05, 0) is 50.9 Å². The maximum atomic E-state index is 11.9. The Morgan fingerprint density at radius 3 is 2.39 bits per heavy atom. The zero-order chi connectivity index (χ0) is 13.6. The minimum atomic E-state index is -0.412. The Hall–Kier alpha value is -0.730. The highest BCUT2D eigenvalue weighted by atomic mass is 16.6. The van der Waals surface area contributed by atoms with Crippen LogP contribution in [-0.2, 0) is 4.74 Å². The second-order valence-corrected chi connectivity index (χ2v) is 7.66. The van der Waals surface area contributed by atoms with E-state index < -0.39 is 5.60 Å². The molecule has 2 aliphatic carbocycles. The zero-order valence-corrected chi connectivity index (χ0v) is 12.4. The fourth-order valence-corrected chi connectivity index (χ4v) is 3.67. The Labute approximate surface area is 111 Å². The van der Waals surface area contributed by atoms with Crippen LogP contribution in [0.3, 0.4) is 0 Å². The number of rotatable bonds is 1. The number of carbonyl (C=O) groups is 1. The van der Waals surface area contributed by atoms with E-state index in [0.29, 0.717) is 16.9 Å². The topological polar surface area (TPSA) is 38.3 Å². The molecule has 0 bridgehead atoms. The van der Waals surface area contributed by atoms with E-state index in [1.54, 1.807) is 0 Å². The van der Waals surface area contributed by atoms with E-state index in [4.69, 9.17) is 4.74 Å². The van der Waals surface area contributed by atoms with Crippen LogP contribution in [0.1, 0.15) is 66.7 Å². The predicted molar refractivity (Wildman–Crippen MR) is 72.5 cm³/mol. The van der Waals surface area contributed by atoms with E-state index in [9.17, 15) is 4.79 Å². The van der Waals surface area contributed by atoms with Crippen LogP contribution in [0.2, 0.25) is 0 Å². The van der Waals surface area contributed by atoms with Gasteiger partial charge in [0, 0.05) is 6.04 Å². The summed E-state index contributed by atoms with van der Waals surface area (Å²) in [6.45, 7) is 10.4. The van der Waals surface area contributed by atoms with Gasteiger partial charge in [-0.2, -0.15) is 0 Å². The summed E-state index contributed by atoms with van der Waals surface area (Å²) < 4.78 is 5.38. The van der Waals surface area contributed by atoms with E-state index in [-0.39, 0.29) is 6.09 Å². The van der Waals surface area contributed by atoms with Crippen LogP contribution in [0.15, 0.2) is 0 Å². The number of ether oxygens (including phenoxy) is 1. The summed E-state index contributed by atoms with van der Waals surface area (Å²) in [5.41, 5.74) is 0.306. The summed E-state index contributed by atoms with van der Waals surface area (Å²) in [7, 11) is 0. The molecule has 104 valence electrons. The molecule has 3 heteroatoms. The Morgan fingerprint density at radius 1 is 1.28 bits per heavy atom. The molecule has 1 amide bonds. The molecule has 2 atom stereocenters. The van der Waals surface area contributed by atoms with E-state index in [1.165, 1.54) is 25.7 Å². The smallest absolute Gasteiger partial charge is 0.407 e. The third kappa shape index (κ3) is 2.50. The van der Waals surface area contributed by atoms with Crippen LogP contribution in [0, 0.1) is 10.8 Å². The average molecular weight is 253 g/mol. The Morgan fingerprint density at radius 2 is 1.89 bits per heavy atom. The van der Waals surface area contributed by atoms with Gasteiger partial charge in [0.1, 0.15) is 5.60 Å². The van der Waals surface area contributed by atoms with Gasteiger partial charge in [0.15, 0.2) is 0 Å². The summed E-state index contributed by atoms with van der Waals surface area (Å²) in [6.07, 6.45) is 5.86. The number of nitrogens with one attached hydrogen (secondary N) is 1. The Bertz CT molecular complexity index is 343. The second-order valence-electron chi connectivity index (χ2n) is 7.66. The van der Waals surface area contributed by atoms with Gasteiger partial charge in [-0.25, -0.2) is 4.79 Å². The van der Waals surface area contributed by atoms with Crippen molar-refractivity contribution >= 4 is 6.09 Å². The third-order valence-electron chi connectivity index (χ3n) is 4.70. The van der Waals surface area contributed by atoms with Crippen molar-refractivity contribution in [3.63, 3.8) is 0 Å². The number of hydrogen-bond acceptors (Lipinski definition) is 2. The van der Waals surface area contributed by atoms with Gasteiger partial charge < -0.3 is 10.1 Å². The van der Waals surface area contributed by atoms with Crippen LogP contribution in [0.5, 0.6) is 0 Å². The number of hydrogen-bond donors (Lipinski definition) is 1. The first kappa shape index (κ1) is 13.7. The molecule has 0 aliphatic heterocycles. The molecule has 0 aromatic rings. The molecule has 0 heterocycles. The van der Waals surface area contributed by atoms with E-state index >= 15 is 0 Å². The highest BCUT2D eigenvalue weighted by Crippen LogP contribution is 2.69. The molecule has 0 aromatic carbocycles. The van der Waals surface area contributed by atoms with Gasteiger partial charge in [0.05, 0.1) is 0 Å². The third-order valence-corrected chi connectivity index (χ3v) is 4.70. The molecule has 3 nitrogen and oxygen atoms in total. The predicted octanol–water partition coefficient (Wildman–Crippen LogP) is 3.87. The summed E-state index contributed by atoms with van der Waals surface area (Å²) in [4.78, 5) is 11.9. The Kier molecular flexibility index (Phi) is 3.15. The lowest BCUT2D eigenvalue weighted by Gasteiger charge is -2.35. The molecular weight excluding hydrogens is 226 g/mol. The van der Waals surface area contributed by atoms with Crippen molar-refractivity contribution in [2.75, 3.05) is 0 Å². The zero-order valence-electron chi connectivity index (χ0n) is 12.4. The highest BCUT2D eigenvalue weighted by Gasteiger charge is 2.65. The maximum Gasteiger partial charge on any atom is 0.407 e. The van der Waals surface area contributed by atoms with Crippen molar-refractivity contribution < 1.29 is 9.53 Å². The summed E-state index contributed by atoms with van der Waals surface area (Å²) >= 11 is 0. The summed E-state index contributed by atoms with van der Waals surface area (Å²) in [5.74, 6) is 0. The fourth-order valence-electron chi connectivity index (χ4n) is 3.67. The van der Waals surface area contributed by atoms with Gasteiger partial charge in [-0.1, -0.05) is 26.7 Å². The van der Waals surface area contributed by atoms with E-state index in [1.807, 2.05) is 20.8 Å². The number of alkyl carbamates (subject to hydrolysis) is 1. The van der Waals surface area contributed by atoms with Gasteiger partial charge in [0.2, 0.25) is 0 Å². The average Bonchev–Trinajstić information content (AvgIpc) is 2.70. The summed E-state index contributed by atoms with van der Waals surface area (Å²) in [5, 5.41) is 3.12. The Balaban J connectivity index is 1.98. The lowest BCUT2D eigenvalue weighted by atomic mass is 9.77. The molecule has 1 unspecified atom stereocenters. The van der Waals surface area contributed by atoms with Crippen LogP contribution in [0.4, 0.5) is 4.79 Å². The first-order valence-electron chi connectivity index (χ1n) is 7.16. The first-order valence-corrected chi connectivity index (χ1v) is 7.16. The van der Waals surface area contributed by atoms with Crippen molar-refractivity contribution in [1.29, 1.82) is 0 Å². The van der Waals surface area contributed by atoms with Gasteiger partial charge in [-0.3, -0.25) is 0 Å². The molecule has 1 spiro atoms. The standard InChI is InChI=1S/C15H27NO2/c1-13(2,3)18-12(17)16-11-8-6-7-9-15(11)10-14(15,4)5/h11H,6-10H2,1-5H3,(H,16,17)/t11-,15?/m0/s1. The van der Waals surface area contributed by atoms with Crippen molar-refractivity contribution in [1.82, 2.24) is 5.32 Å². The monoisotopic (exact) mass is 253 g/mol. The molecule has 0 radical (unpaired) electrons. The fraction of sp³-hybridized carbons (Fsp3) is 0.933. The first-order chi connectivity index (χ1) is 8.16. The van der Waals surface area contributed by atoms with Gasteiger partial charge in [-0.15, -0.1) is 0 Å². The van der Waals surface area contributed by atoms with Crippen LogP contribution >= 0.6 is 0 Å². The van der Waals surface area contributed by atoms with Gasteiger partial charge in [0.25, 0.3) is 0 Å². The lowest BCUT2D eigenvalue weighted by molar-refractivity contribution is 0.0443. The van der Waals surface area contributed by atoms with Crippen molar-refractivity contribution in [3.8, 4) is 0 Å². The van der Waals surface area contributed by atoms with Crippen LogP contribution < -0.4 is 5.32 Å². The van der Waals surface area contributed by atoms with Crippen LogP contribution in [-0.4, -0.2) is 17.7 Å². The van der Waals surface area contributed by atoms with Crippen LogP contribution in [0.25, 0.3) is 0 Å². The minimum absolute atomic E-state index is 0.253. The number of amides is 1. The molecule has 18 heavy (non-hydrogen) atoms. The SMILES string of the molecule is CC(C)(C)OC(=O)N[C@H]1CCCCC12CC2(C)C. The maximum absolute atomic E-state index is 11.9. The largest absolute Gasteiger partial charge is 0.444 e. The van der Waals surface area contributed by atoms with Crippen molar-refractivity contribution in [3.05, 3.63) is 0 Å². The quantitative estimate of drug-likeness (QED) is 0.770. The molecular formula is C15H27NO2. The van der Waals surface area contributed by atoms with Crippen molar-refractivity contribution in [2.45, 2.75) is 78.4 Å². The molecule has 0 saturated heterocycles. The molecule has 2 saturated carbocycles. The molecule has 1 N–H and O–H groups in total. The molecule has 2 rings (SSSR count). The number of carbonyl (C=O) groups excluding carboxylic acids is 1. The second kappa shape index (κ2) is 4.14. The molecule has 2 fully saturated rings. The van der Waals surface area contributed by atoms with Crippen molar-refractivity contribution in [2.24, 2.45) is 10.8 Å². The van der Waals surface area contributed by atoms with E-state index in [0.717, 1.165) is 6.42 Å². The molecule has 2 aliphatic rings. The molecule has 0 aromatic heterocycles. The van der Waals surface area contributed by atoms with Gasteiger partial charge >= 0.3 is 6.09 Å². The minimum Gasteiger partial charge on any atom is -0.444 e. The summed E-state index contributed by atoms with van der Waals surface area (Å²) in [6, 6.07) is 0.302. The normalized spacial score (nSPS) is 34.2. The highest BCUT2D eigenvalue weighted by molar-refractivity contribution is 5.68. The van der Waals surface area contributed by atoms with E-state index in [2.05, 4.69) is 19.2 Å².